The summed E-state index contributed by atoms with van der Waals surface area (Å²) in [5.41, 5.74) is -0.0815. The molecule has 6 amide bonds. The molecule has 414 valence electrons. The zero-order chi connectivity index (χ0) is 55.8. The lowest BCUT2D eigenvalue weighted by atomic mass is 10.0. The molecule has 5 N–H and O–H groups in total. The van der Waals surface area contributed by atoms with Gasteiger partial charge in [-0.25, -0.2) is 21.5 Å². The topological polar surface area (TPSA) is 292 Å². The molecule has 8 rings (SSSR count). The molecular weight excluding hydrogens is 1090 g/mol. The van der Waals surface area contributed by atoms with Crippen LogP contribution in [0.2, 0.25) is 0 Å². The maximum atomic E-state index is 14.2. The first-order chi connectivity index (χ1) is 37.2. The fourth-order valence-electron chi connectivity index (χ4n) is 8.86. The van der Waals surface area contributed by atoms with E-state index in [1.807, 2.05) is 17.0 Å². The Kier molecular flexibility index (Phi) is 18.0. The zero-order valence-electron chi connectivity index (χ0n) is 41.5. The fraction of sp³-hybridized carbons (Fsp3) is 0.360. The van der Waals surface area contributed by atoms with Crippen LogP contribution in [-0.4, -0.2) is 164 Å². The second kappa shape index (κ2) is 24.6. The predicted octanol–water partition coefficient (Wildman–Crippen LogP) is 3.36. The third-order valence-corrected chi connectivity index (χ3v) is 17.4. The van der Waals surface area contributed by atoms with Crippen LogP contribution in [0.5, 0.6) is 0 Å². The van der Waals surface area contributed by atoms with Crippen LogP contribution in [-0.2, 0) is 56.7 Å². The molecule has 0 spiro atoms. The second-order valence-corrected chi connectivity index (χ2v) is 23.0. The number of primary amides is 1. The number of halogens is 3. The average Bonchev–Trinajstić information content (AvgIpc) is 4.04. The van der Waals surface area contributed by atoms with Gasteiger partial charge in [-0.05, 0) is 73.5 Å². The quantitative estimate of drug-likeness (QED) is 0.0391. The van der Waals surface area contributed by atoms with Gasteiger partial charge in [-0.3, -0.25) is 43.9 Å². The smallest absolute Gasteiger partial charge is 0.382 e. The van der Waals surface area contributed by atoms with Crippen molar-refractivity contribution in [3.8, 4) is 0 Å². The highest BCUT2D eigenvalue weighted by Crippen LogP contribution is 2.40. The highest BCUT2D eigenvalue weighted by molar-refractivity contribution is 7.99. The molecule has 4 aromatic carbocycles. The second-order valence-electron chi connectivity index (χ2n) is 18.1. The number of aromatic nitrogens is 3. The van der Waals surface area contributed by atoms with Gasteiger partial charge in [0, 0.05) is 73.6 Å². The van der Waals surface area contributed by atoms with Crippen LogP contribution in [0.4, 0.5) is 24.5 Å². The van der Waals surface area contributed by atoms with Crippen molar-refractivity contribution in [3.05, 3.63) is 120 Å². The number of nitrogens with zero attached hydrogens (tertiary/aromatic N) is 6. The predicted molar refractivity (Wildman–Crippen MR) is 274 cm³/mol. The van der Waals surface area contributed by atoms with Gasteiger partial charge in [0.25, 0.3) is 21.7 Å². The third-order valence-electron chi connectivity index (χ3n) is 12.9. The van der Waals surface area contributed by atoms with Gasteiger partial charge < -0.3 is 30.7 Å². The maximum absolute atomic E-state index is 14.2. The van der Waals surface area contributed by atoms with Gasteiger partial charge in [0.1, 0.15) is 23.2 Å². The van der Waals surface area contributed by atoms with Crippen LogP contribution in [0.1, 0.15) is 56.0 Å². The Morgan fingerprint density at radius 3 is 2.26 bits per heavy atom. The zero-order valence-corrected chi connectivity index (χ0v) is 44.0. The van der Waals surface area contributed by atoms with Crippen molar-refractivity contribution in [1.82, 2.24) is 35.0 Å². The summed E-state index contributed by atoms with van der Waals surface area (Å²) in [7, 11) is -10.8. The maximum Gasteiger partial charge on any atom is 0.501 e. The number of piperidine rings is 1. The van der Waals surface area contributed by atoms with Gasteiger partial charge >= 0.3 is 5.51 Å². The number of thioether (sulfide) groups is 1. The lowest BCUT2D eigenvalue weighted by molar-refractivity contribution is -0.136. The first kappa shape index (κ1) is 56.9. The Bertz CT molecular complexity index is 3290. The molecule has 4 heterocycles. The molecule has 22 nitrogen and oxygen atoms in total. The summed E-state index contributed by atoms with van der Waals surface area (Å²) in [5, 5.41) is 16.3. The highest BCUT2D eigenvalue weighted by Gasteiger charge is 2.49. The molecule has 3 aliphatic rings. The number of ether oxygens (including phenoxy) is 2. The van der Waals surface area contributed by atoms with Gasteiger partial charge in [-0.2, -0.15) is 13.2 Å². The number of hydrogen-bond acceptors (Lipinski definition) is 18. The van der Waals surface area contributed by atoms with E-state index in [9.17, 15) is 58.8 Å². The van der Waals surface area contributed by atoms with Gasteiger partial charge in [0.05, 0.1) is 59.2 Å². The van der Waals surface area contributed by atoms with E-state index in [4.69, 9.17) is 15.2 Å². The van der Waals surface area contributed by atoms with E-state index in [-0.39, 0.29) is 87.1 Å². The lowest BCUT2D eigenvalue weighted by Gasteiger charge is -2.35. The number of alkyl halides is 3. The number of nitrogens with one attached hydrogen (secondary N) is 3. The minimum Gasteiger partial charge on any atom is -0.382 e. The van der Waals surface area contributed by atoms with Crippen LogP contribution in [0.15, 0.2) is 117 Å². The fourth-order valence-corrected chi connectivity index (χ4v) is 12.3. The standard InChI is InChI=1S/C50H53F3N10O12S3/c51-50(52,53)78(72,73)41-11-5-10-40(77(70,71)36-14-12-32(13-15-36)46(54)66)45(41)56-33(31-76-35-6-2-1-3-7-35)18-20-60-21-23-61(24-22-60)43(65)29-62-28-34(58-59-62)30-75-27-26-74-25-19-55-38-9-4-8-37-44(38)49(69)63(48(37)68)39-16-17-42(64)57-47(39)67/h1-15,28,33,39,55-56H,16-27,29-31H2,(H2,54,66)(H,57,64,67)/t33-,39?/m1/s1. The van der Waals surface area contributed by atoms with Gasteiger partial charge in [0.2, 0.25) is 33.5 Å². The van der Waals surface area contributed by atoms with Crippen molar-refractivity contribution >= 4 is 78.3 Å². The van der Waals surface area contributed by atoms with E-state index < -0.39 is 87.2 Å². The van der Waals surface area contributed by atoms with Crippen LogP contribution < -0.4 is 21.7 Å². The number of nitrogens with two attached hydrogens (primary N) is 1. The monoisotopic (exact) mass is 1140 g/mol. The largest absolute Gasteiger partial charge is 0.501 e. The molecular formula is C50H53F3N10O12S3. The molecule has 28 heteroatoms. The molecule has 0 saturated carbocycles. The van der Waals surface area contributed by atoms with E-state index in [2.05, 4.69) is 26.3 Å². The van der Waals surface area contributed by atoms with Crippen LogP contribution >= 0.6 is 11.8 Å². The van der Waals surface area contributed by atoms with E-state index in [1.165, 1.54) is 22.5 Å². The van der Waals surface area contributed by atoms with Crippen molar-refractivity contribution < 1.29 is 68.2 Å². The van der Waals surface area contributed by atoms with E-state index >= 15 is 0 Å². The van der Waals surface area contributed by atoms with E-state index in [0.29, 0.717) is 50.2 Å². The summed E-state index contributed by atoms with van der Waals surface area (Å²) in [6, 6.07) is 18.9. The summed E-state index contributed by atoms with van der Waals surface area (Å²) in [4.78, 5) is 78.5. The SMILES string of the molecule is NC(=O)c1ccc(S(=O)(=O)c2cccc(S(=O)(=O)C(F)(F)F)c2N[C@H](CCN2CCN(C(=O)Cn3cc(COCCOCCNc4cccc5c4C(=O)N(C4CCC(=O)NC4=O)C5=O)nn3)CC2)CSc2ccccc2)cc1. The Labute approximate surface area is 450 Å². The Morgan fingerprint density at radius 1 is 0.846 bits per heavy atom. The Hall–Kier alpha value is -7.24. The summed E-state index contributed by atoms with van der Waals surface area (Å²) >= 11 is 1.33. The Balaban J connectivity index is 0.804. The van der Waals surface area contributed by atoms with Crippen molar-refractivity contribution in [1.29, 1.82) is 0 Å². The number of piperazine rings is 1. The molecule has 3 aliphatic heterocycles. The highest BCUT2D eigenvalue weighted by atomic mass is 32.2. The number of carbonyl (C=O) groups is 6. The van der Waals surface area contributed by atoms with E-state index in [1.54, 1.807) is 41.4 Å². The number of imide groups is 2. The molecule has 2 atom stereocenters. The number of rotatable bonds is 24. The average molecular weight is 1140 g/mol. The first-order valence-corrected chi connectivity index (χ1v) is 28.3. The number of fused-ring (bicyclic) bond motifs is 1. The molecule has 2 fully saturated rings. The molecule has 1 aromatic heterocycles. The number of amides is 6. The summed E-state index contributed by atoms with van der Waals surface area (Å²) in [5.74, 6) is -3.28. The molecule has 0 radical (unpaired) electrons. The van der Waals surface area contributed by atoms with Gasteiger partial charge in [0.15, 0.2) is 0 Å². The summed E-state index contributed by atoms with van der Waals surface area (Å²) < 4.78 is 110. The van der Waals surface area contributed by atoms with Crippen molar-refractivity contribution in [2.75, 3.05) is 75.5 Å². The number of anilines is 2. The molecule has 78 heavy (non-hydrogen) atoms. The third kappa shape index (κ3) is 13.2. The lowest BCUT2D eigenvalue weighted by Crippen LogP contribution is -2.54. The molecule has 5 aromatic rings. The number of carbonyl (C=O) groups excluding carboxylic acids is 6. The summed E-state index contributed by atoms with van der Waals surface area (Å²) in [6.07, 6.45) is 1.86. The number of hydrogen-bond donors (Lipinski definition) is 4. The van der Waals surface area contributed by atoms with Crippen molar-refractivity contribution in [3.63, 3.8) is 0 Å². The van der Waals surface area contributed by atoms with Crippen molar-refractivity contribution in [2.45, 2.75) is 69.6 Å². The minimum absolute atomic E-state index is 0.0124. The first-order valence-electron chi connectivity index (χ1n) is 24.4. The molecule has 0 aliphatic carbocycles. The number of sulfone groups is 2. The van der Waals surface area contributed by atoms with Gasteiger partial charge in [-0.15, -0.1) is 16.9 Å². The normalized spacial score (nSPS) is 16.7. The number of para-hydroxylation sites is 1. The van der Waals surface area contributed by atoms with Gasteiger partial charge in [-0.1, -0.05) is 35.5 Å². The molecule has 0 bridgehead atoms. The summed E-state index contributed by atoms with van der Waals surface area (Å²) in [6.45, 7) is 2.70. The minimum atomic E-state index is -6.09. The van der Waals surface area contributed by atoms with Crippen LogP contribution in [0.25, 0.3) is 0 Å². The van der Waals surface area contributed by atoms with E-state index in [0.717, 1.165) is 46.2 Å². The Morgan fingerprint density at radius 2 is 1.55 bits per heavy atom. The van der Waals surface area contributed by atoms with Crippen LogP contribution in [0.3, 0.4) is 0 Å². The molecule has 2 saturated heterocycles. The van der Waals surface area contributed by atoms with Crippen molar-refractivity contribution in [2.24, 2.45) is 5.73 Å². The van der Waals surface area contributed by atoms with Crippen LogP contribution in [0, 0.1) is 0 Å². The molecule has 1 unspecified atom stereocenters. The number of benzene rings is 4.